The van der Waals surface area contributed by atoms with Crippen molar-refractivity contribution in [3.8, 4) is 0 Å². The second-order valence-electron chi connectivity index (χ2n) is 7.65. The zero-order valence-electron chi connectivity index (χ0n) is 18.4. The van der Waals surface area contributed by atoms with Gasteiger partial charge in [-0.2, -0.15) is 0 Å². The Morgan fingerprint density at radius 1 is 1.27 bits per heavy atom. The molecule has 1 aliphatic rings. The second kappa shape index (κ2) is 12.0. The molecule has 0 aromatic heterocycles. The molecule has 0 N–H and O–H groups in total. The first kappa shape index (κ1) is 24.3. The zero-order chi connectivity index (χ0) is 22.0. The molecule has 0 amide bonds. The molecule has 166 valence electrons. The van der Waals surface area contributed by atoms with E-state index in [1.165, 1.54) is 6.92 Å². The van der Waals surface area contributed by atoms with Crippen LogP contribution in [0.2, 0.25) is 0 Å². The Labute approximate surface area is 179 Å². The lowest BCUT2D eigenvalue weighted by Gasteiger charge is -2.29. The van der Waals surface area contributed by atoms with Gasteiger partial charge < -0.3 is 23.7 Å². The second-order valence-corrected chi connectivity index (χ2v) is 7.65. The third kappa shape index (κ3) is 8.03. The molecule has 4 atom stereocenters. The Hall–Kier alpha value is -1.99. The van der Waals surface area contributed by atoms with Gasteiger partial charge in [-0.3, -0.25) is 4.79 Å². The highest BCUT2D eigenvalue weighted by molar-refractivity contribution is 5.66. The van der Waals surface area contributed by atoms with Crippen molar-refractivity contribution in [2.45, 2.75) is 77.5 Å². The molecule has 0 bridgehead atoms. The summed E-state index contributed by atoms with van der Waals surface area (Å²) in [5, 5.41) is 0. The van der Waals surface area contributed by atoms with E-state index in [0.29, 0.717) is 26.1 Å². The molecule has 1 unspecified atom stereocenters. The quantitative estimate of drug-likeness (QED) is 0.215. The number of ether oxygens (including phenoxy) is 5. The zero-order valence-corrected chi connectivity index (χ0v) is 18.4. The Bertz CT molecular complexity index is 684. The molecule has 1 heterocycles. The van der Waals surface area contributed by atoms with E-state index in [0.717, 1.165) is 5.56 Å². The summed E-state index contributed by atoms with van der Waals surface area (Å²) < 4.78 is 29.3. The van der Waals surface area contributed by atoms with Crippen LogP contribution in [0.1, 0.15) is 46.1 Å². The Morgan fingerprint density at radius 2 is 2.00 bits per heavy atom. The maximum absolute atomic E-state index is 11.6. The molecule has 6 heteroatoms. The smallest absolute Gasteiger partial charge is 0.304 e. The Kier molecular flexibility index (Phi) is 9.72. The van der Waals surface area contributed by atoms with Crippen LogP contribution in [-0.2, 0) is 35.1 Å². The van der Waals surface area contributed by atoms with E-state index in [4.69, 9.17) is 23.7 Å². The molecule has 1 aromatic carbocycles. The predicted molar refractivity (Wildman–Crippen MR) is 115 cm³/mol. The number of rotatable bonds is 12. The molecule has 1 fully saturated rings. The number of carbonyl (C=O) groups excluding carboxylic acids is 1. The van der Waals surface area contributed by atoms with Crippen molar-refractivity contribution in [3.05, 3.63) is 60.7 Å². The summed E-state index contributed by atoms with van der Waals surface area (Å²) >= 11 is 0. The van der Waals surface area contributed by atoms with E-state index in [9.17, 15) is 4.79 Å². The standard InChI is InChI=1S/C24H34O6/c1-6-8-14-21(23-20(7-2)29-24(4,5)30-23)28-22(27-18(3)25)15-16-26-17-19-12-10-9-11-13-19/h6-13,20-23H,2,14-17H2,1,3-5H3/b8-6-/t20-,21+,22?,23+/m0/s1. The van der Waals surface area contributed by atoms with Gasteiger partial charge >= 0.3 is 5.97 Å². The van der Waals surface area contributed by atoms with Crippen LogP contribution in [0, 0.1) is 0 Å². The number of benzene rings is 1. The summed E-state index contributed by atoms with van der Waals surface area (Å²) in [4.78, 5) is 11.6. The monoisotopic (exact) mass is 418 g/mol. The molecule has 0 radical (unpaired) electrons. The number of hydrogen-bond donors (Lipinski definition) is 0. The molecular formula is C24H34O6. The predicted octanol–water partition coefficient (Wildman–Crippen LogP) is 4.54. The summed E-state index contributed by atoms with van der Waals surface area (Å²) in [5.41, 5.74) is 1.08. The van der Waals surface area contributed by atoms with Gasteiger partial charge in [-0.15, -0.1) is 6.58 Å². The van der Waals surface area contributed by atoms with E-state index in [1.807, 2.05) is 63.3 Å². The highest BCUT2D eigenvalue weighted by Gasteiger charge is 2.44. The van der Waals surface area contributed by atoms with Crippen molar-refractivity contribution in [2.24, 2.45) is 0 Å². The fraction of sp³-hybridized carbons (Fsp3) is 0.542. The van der Waals surface area contributed by atoms with Crippen LogP contribution in [-0.4, -0.2) is 43.0 Å². The fourth-order valence-electron chi connectivity index (χ4n) is 3.30. The van der Waals surface area contributed by atoms with Crippen LogP contribution in [0.3, 0.4) is 0 Å². The van der Waals surface area contributed by atoms with Crippen LogP contribution >= 0.6 is 0 Å². The minimum atomic E-state index is -0.744. The average Bonchev–Trinajstić information content (AvgIpc) is 3.03. The lowest BCUT2D eigenvalue weighted by atomic mass is 10.0. The van der Waals surface area contributed by atoms with Crippen molar-refractivity contribution >= 4 is 5.97 Å². The molecule has 6 nitrogen and oxygen atoms in total. The summed E-state index contributed by atoms with van der Waals surface area (Å²) in [7, 11) is 0. The van der Waals surface area contributed by atoms with Crippen LogP contribution < -0.4 is 0 Å². The van der Waals surface area contributed by atoms with E-state index >= 15 is 0 Å². The summed E-state index contributed by atoms with van der Waals surface area (Å²) in [6.45, 7) is 11.8. The van der Waals surface area contributed by atoms with Crippen LogP contribution in [0.15, 0.2) is 55.1 Å². The molecular weight excluding hydrogens is 384 g/mol. The van der Waals surface area contributed by atoms with Crippen molar-refractivity contribution in [2.75, 3.05) is 6.61 Å². The molecule has 2 rings (SSSR count). The Morgan fingerprint density at radius 3 is 2.63 bits per heavy atom. The normalized spacial score (nSPS) is 22.7. The van der Waals surface area contributed by atoms with Crippen molar-refractivity contribution in [3.63, 3.8) is 0 Å². The number of hydrogen-bond acceptors (Lipinski definition) is 6. The lowest BCUT2D eigenvalue weighted by molar-refractivity contribution is -0.213. The average molecular weight is 419 g/mol. The third-order valence-electron chi connectivity index (χ3n) is 4.60. The minimum absolute atomic E-state index is 0.317. The van der Waals surface area contributed by atoms with Crippen molar-refractivity contribution in [1.82, 2.24) is 0 Å². The van der Waals surface area contributed by atoms with Gasteiger partial charge in [0.05, 0.1) is 19.3 Å². The van der Waals surface area contributed by atoms with E-state index in [2.05, 4.69) is 6.58 Å². The molecule has 1 saturated heterocycles. The first-order valence-electron chi connectivity index (χ1n) is 10.4. The third-order valence-corrected chi connectivity index (χ3v) is 4.60. The van der Waals surface area contributed by atoms with Gasteiger partial charge in [-0.25, -0.2) is 0 Å². The molecule has 0 aliphatic carbocycles. The minimum Gasteiger partial charge on any atom is -0.436 e. The fourth-order valence-corrected chi connectivity index (χ4v) is 3.30. The number of esters is 1. The first-order chi connectivity index (χ1) is 14.3. The largest absolute Gasteiger partial charge is 0.436 e. The van der Waals surface area contributed by atoms with E-state index in [1.54, 1.807) is 6.08 Å². The molecule has 0 saturated carbocycles. The first-order valence-corrected chi connectivity index (χ1v) is 10.4. The van der Waals surface area contributed by atoms with Crippen molar-refractivity contribution < 1.29 is 28.5 Å². The summed E-state index contributed by atoms with van der Waals surface area (Å²) in [6, 6.07) is 9.90. The van der Waals surface area contributed by atoms with Gasteiger partial charge in [0.25, 0.3) is 0 Å². The lowest BCUT2D eigenvalue weighted by Crippen LogP contribution is -2.40. The van der Waals surface area contributed by atoms with Gasteiger partial charge in [0.15, 0.2) is 5.79 Å². The number of carbonyl (C=O) groups is 1. The van der Waals surface area contributed by atoms with E-state index in [-0.39, 0.29) is 18.3 Å². The topological polar surface area (TPSA) is 63.2 Å². The SMILES string of the molecule is C=C[C@@H]1OC(C)(C)O[C@H]1[C@@H](C/C=C\C)OC(CCOCc1ccccc1)OC(C)=O. The van der Waals surface area contributed by atoms with Gasteiger partial charge in [0.2, 0.25) is 6.29 Å². The molecule has 0 spiro atoms. The molecule has 30 heavy (non-hydrogen) atoms. The van der Waals surface area contributed by atoms with E-state index < -0.39 is 18.0 Å². The summed E-state index contributed by atoms with van der Waals surface area (Å²) in [6.07, 6.45) is 4.87. The summed E-state index contributed by atoms with van der Waals surface area (Å²) in [5.74, 6) is -1.14. The van der Waals surface area contributed by atoms with Crippen molar-refractivity contribution in [1.29, 1.82) is 0 Å². The molecule has 1 aliphatic heterocycles. The van der Waals surface area contributed by atoms with Gasteiger partial charge in [0, 0.05) is 13.3 Å². The van der Waals surface area contributed by atoms with Gasteiger partial charge in [-0.05, 0) is 32.8 Å². The molecule has 1 aromatic rings. The van der Waals surface area contributed by atoms with Gasteiger partial charge in [-0.1, -0.05) is 48.6 Å². The van der Waals surface area contributed by atoms with Gasteiger partial charge in [0.1, 0.15) is 12.2 Å². The number of allylic oxidation sites excluding steroid dienone is 1. The highest BCUT2D eigenvalue weighted by atomic mass is 16.8. The van der Waals surface area contributed by atoms with Crippen LogP contribution in [0.4, 0.5) is 0 Å². The maximum Gasteiger partial charge on any atom is 0.304 e. The Balaban J connectivity index is 2.00. The van der Waals surface area contributed by atoms with Crippen LogP contribution in [0.25, 0.3) is 0 Å². The highest BCUT2D eigenvalue weighted by Crippen LogP contribution is 2.33. The van der Waals surface area contributed by atoms with Crippen LogP contribution in [0.5, 0.6) is 0 Å². The maximum atomic E-state index is 11.6.